The molecule has 1 heterocycles. The van der Waals surface area contributed by atoms with Gasteiger partial charge >= 0.3 is 0 Å². The highest BCUT2D eigenvalue weighted by Crippen LogP contribution is 2.18. The summed E-state index contributed by atoms with van der Waals surface area (Å²) in [4.78, 5) is 12.2. The molecule has 1 amide bonds. The van der Waals surface area contributed by atoms with Gasteiger partial charge in [0.2, 0.25) is 10.0 Å². The molecule has 10 nitrogen and oxygen atoms in total. The number of hydrazone groups is 1. The Balaban J connectivity index is 1.75. The van der Waals surface area contributed by atoms with Gasteiger partial charge in [-0.2, -0.15) is 10.2 Å². The van der Waals surface area contributed by atoms with Gasteiger partial charge in [-0.05, 0) is 54.1 Å². The second kappa shape index (κ2) is 7.50. The Labute approximate surface area is 160 Å². The molecule has 6 N–H and O–H groups in total. The number of hydrogen-bond donors (Lipinski definition) is 4. The van der Waals surface area contributed by atoms with E-state index in [0.717, 1.165) is 0 Å². The van der Waals surface area contributed by atoms with Crippen LogP contribution in [0.25, 0.3) is 5.69 Å². The summed E-state index contributed by atoms with van der Waals surface area (Å²) in [6.07, 6.45) is 2.68. The van der Waals surface area contributed by atoms with Gasteiger partial charge in [-0.25, -0.2) is 23.7 Å². The molecule has 2 aromatic carbocycles. The molecule has 0 spiro atoms. The predicted octanol–water partition coefficient (Wildman–Crippen LogP) is 0.571. The standard InChI is InChI=1S/C17H16N6O4S/c18-16-15(17(25)22-20-9-11-1-5-13(24)6-2-11)10-21-23(16)12-3-7-14(8-4-12)28(19,26)27/h1-10,24H,18H2,(H,22,25)(H2,19,26,27)/b20-9+. The van der Waals surface area contributed by atoms with Crippen LogP contribution < -0.4 is 16.3 Å². The number of phenols is 1. The molecule has 11 heteroatoms. The smallest absolute Gasteiger partial charge is 0.276 e. The Bertz CT molecular complexity index is 1140. The number of nitrogens with one attached hydrogen (secondary N) is 1. The van der Waals surface area contributed by atoms with Gasteiger partial charge in [0.1, 0.15) is 17.1 Å². The number of aromatic nitrogens is 2. The number of nitrogens with zero attached hydrogens (tertiary/aromatic N) is 3. The molecular formula is C17H16N6O4S. The fourth-order valence-electron chi connectivity index (χ4n) is 2.30. The molecule has 1 aromatic heterocycles. The molecule has 0 fully saturated rings. The minimum absolute atomic E-state index is 0.0523. The number of anilines is 1. The molecule has 0 aliphatic carbocycles. The van der Waals surface area contributed by atoms with E-state index in [1.807, 2.05) is 0 Å². The number of amides is 1. The van der Waals surface area contributed by atoms with Crippen molar-refractivity contribution in [1.29, 1.82) is 0 Å². The van der Waals surface area contributed by atoms with Crippen LogP contribution in [0.2, 0.25) is 0 Å². The first-order chi connectivity index (χ1) is 13.3. The van der Waals surface area contributed by atoms with Gasteiger partial charge < -0.3 is 10.8 Å². The maximum absolute atomic E-state index is 12.2. The third kappa shape index (κ3) is 4.16. The van der Waals surface area contributed by atoms with Crippen LogP contribution in [-0.4, -0.2) is 35.4 Å². The van der Waals surface area contributed by atoms with E-state index in [4.69, 9.17) is 10.9 Å². The summed E-state index contributed by atoms with van der Waals surface area (Å²) in [5.74, 6) is -0.390. The van der Waals surface area contributed by atoms with Crippen molar-refractivity contribution in [3.8, 4) is 11.4 Å². The quantitative estimate of drug-likeness (QED) is 0.361. The molecule has 0 bridgehead atoms. The largest absolute Gasteiger partial charge is 0.508 e. The van der Waals surface area contributed by atoms with Crippen LogP contribution in [0.4, 0.5) is 5.82 Å². The summed E-state index contributed by atoms with van der Waals surface area (Å²) in [5, 5.41) is 22.2. The molecular weight excluding hydrogens is 384 g/mol. The van der Waals surface area contributed by atoms with E-state index in [0.29, 0.717) is 11.3 Å². The van der Waals surface area contributed by atoms with Crippen molar-refractivity contribution in [3.63, 3.8) is 0 Å². The van der Waals surface area contributed by atoms with Gasteiger partial charge in [0.25, 0.3) is 5.91 Å². The van der Waals surface area contributed by atoms with E-state index >= 15 is 0 Å². The zero-order valence-electron chi connectivity index (χ0n) is 14.4. The molecule has 0 saturated heterocycles. The van der Waals surface area contributed by atoms with Gasteiger partial charge in [-0.3, -0.25) is 4.79 Å². The molecule has 144 valence electrons. The minimum Gasteiger partial charge on any atom is -0.508 e. The Kier molecular flexibility index (Phi) is 5.11. The molecule has 0 unspecified atom stereocenters. The first kappa shape index (κ1) is 19.1. The molecule has 28 heavy (non-hydrogen) atoms. The second-order valence-electron chi connectivity index (χ2n) is 5.68. The van der Waals surface area contributed by atoms with E-state index in [1.54, 1.807) is 12.1 Å². The number of primary sulfonamides is 1. The van der Waals surface area contributed by atoms with Crippen LogP contribution in [0.3, 0.4) is 0 Å². The Morgan fingerprint density at radius 2 is 1.79 bits per heavy atom. The van der Waals surface area contributed by atoms with Crippen molar-refractivity contribution < 1.29 is 18.3 Å². The third-order valence-corrected chi connectivity index (χ3v) is 4.66. The van der Waals surface area contributed by atoms with Crippen LogP contribution >= 0.6 is 0 Å². The van der Waals surface area contributed by atoms with Crippen LogP contribution in [0.1, 0.15) is 15.9 Å². The number of rotatable bonds is 5. The van der Waals surface area contributed by atoms with Crippen molar-refractivity contribution in [3.05, 3.63) is 65.9 Å². The van der Waals surface area contributed by atoms with Crippen molar-refractivity contribution >= 4 is 28.0 Å². The average molecular weight is 400 g/mol. The van der Waals surface area contributed by atoms with E-state index in [9.17, 15) is 18.3 Å². The highest BCUT2D eigenvalue weighted by Gasteiger charge is 2.16. The van der Waals surface area contributed by atoms with Gasteiger partial charge in [0, 0.05) is 0 Å². The van der Waals surface area contributed by atoms with Crippen LogP contribution in [0, 0.1) is 0 Å². The van der Waals surface area contributed by atoms with Crippen molar-refractivity contribution in [2.45, 2.75) is 4.90 Å². The fourth-order valence-corrected chi connectivity index (χ4v) is 2.82. The highest BCUT2D eigenvalue weighted by atomic mass is 32.2. The number of hydrogen-bond acceptors (Lipinski definition) is 7. The summed E-state index contributed by atoms with van der Waals surface area (Å²) in [5.41, 5.74) is 9.54. The van der Waals surface area contributed by atoms with Crippen LogP contribution in [-0.2, 0) is 10.0 Å². The molecule has 0 saturated carbocycles. The number of carbonyl (C=O) groups is 1. The zero-order valence-corrected chi connectivity index (χ0v) is 15.2. The molecule has 0 aliphatic heterocycles. The van der Waals surface area contributed by atoms with E-state index in [2.05, 4.69) is 15.6 Å². The lowest BCUT2D eigenvalue weighted by atomic mass is 10.2. The number of sulfonamides is 1. The summed E-state index contributed by atoms with van der Waals surface area (Å²) < 4.78 is 23.9. The second-order valence-corrected chi connectivity index (χ2v) is 7.25. The molecule has 0 aliphatic rings. The van der Waals surface area contributed by atoms with E-state index < -0.39 is 15.9 Å². The number of aromatic hydroxyl groups is 1. The SMILES string of the molecule is Nc1c(C(=O)N/N=C/c2ccc(O)cc2)cnn1-c1ccc(S(N)(=O)=O)cc1. The molecule has 3 aromatic rings. The van der Waals surface area contributed by atoms with Crippen molar-refractivity contribution in [1.82, 2.24) is 15.2 Å². The van der Waals surface area contributed by atoms with Crippen molar-refractivity contribution in [2.75, 3.05) is 5.73 Å². The monoisotopic (exact) mass is 400 g/mol. The normalized spacial score (nSPS) is 11.6. The summed E-state index contributed by atoms with van der Waals surface area (Å²) in [6, 6.07) is 11.8. The lowest BCUT2D eigenvalue weighted by Crippen LogP contribution is -2.19. The number of phenolic OH excluding ortho intramolecular Hbond substituents is 1. The van der Waals surface area contributed by atoms with E-state index in [-0.39, 0.29) is 22.0 Å². The Morgan fingerprint density at radius 3 is 2.39 bits per heavy atom. The lowest BCUT2D eigenvalue weighted by Gasteiger charge is -2.06. The highest BCUT2D eigenvalue weighted by molar-refractivity contribution is 7.89. The summed E-state index contributed by atoms with van der Waals surface area (Å²) >= 11 is 0. The molecule has 3 rings (SSSR count). The number of benzene rings is 2. The summed E-state index contributed by atoms with van der Waals surface area (Å²) in [7, 11) is -3.81. The van der Waals surface area contributed by atoms with Gasteiger partial charge in [0.15, 0.2) is 0 Å². The maximum atomic E-state index is 12.2. The van der Waals surface area contributed by atoms with Gasteiger partial charge in [0.05, 0.1) is 23.0 Å². The lowest BCUT2D eigenvalue weighted by molar-refractivity contribution is 0.0956. The average Bonchev–Trinajstić information content (AvgIpc) is 3.04. The maximum Gasteiger partial charge on any atom is 0.276 e. The topological polar surface area (TPSA) is 166 Å². The summed E-state index contributed by atoms with van der Waals surface area (Å²) in [6.45, 7) is 0. The van der Waals surface area contributed by atoms with Gasteiger partial charge in [-0.1, -0.05) is 0 Å². The minimum atomic E-state index is -3.81. The zero-order chi connectivity index (χ0) is 20.3. The van der Waals surface area contributed by atoms with E-state index in [1.165, 1.54) is 53.5 Å². The molecule has 0 radical (unpaired) electrons. The number of nitrogens with two attached hydrogens (primary N) is 2. The predicted molar refractivity (Wildman–Crippen MR) is 103 cm³/mol. The number of carbonyl (C=O) groups excluding carboxylic acids is 1. The third-order valence-electron chi connectivity index (χ3n) is 3.73. The first-order valence-electron chi connectivity index (χ1n) is 7.85. The van der Waals surface area contributed by atoms with Crippen LogP contribution in [0.5, 0.6) is 5.75 Å². The Hall–Kier alpha value is -3.70. The van der Waals surface area contributed by atoms with Gasteiger partial charge in [-0.15, -0.1) is 0 Å². The first-order valence-corrected chi connectivity index (χ1v) is 9.39. The van der Waals surface area contributed by atoms with Crippen LogP contribution in [0.15, 0.2) is 64.7 Å². The Morgan fingerprint density at radius 1 is 1.14 bits per heavy atom. The fraction of sp³-hybridized carbons (Fsp3) is 0. The number of nitrogen functional groups attached to an aromatic ring is 1. The van der Waals surface area contributed by atoms with Crippen molar-refractivity contribution in [2.24, 2.45) is 10.2 Å². The molecule has 0 atom stereocenters.